The molecule has 3 aromatic carbocycles. The number of carboxylic acid groups (broad SMARTS) is 1. The topological polar surface area (TPSA) is 103 Å². The van der Waals surface area contributed by atoms with E-state index in [0.29, 0.717) is 54.2 Å². The molecule has 0 unspecified atom stereocenters. The summed E-state index contributed by atoms with van der Waals surface area (Å²) in [5, 5.41) is 10.3. The van der Waals surface area contributed by atoms with Gasteiger partial charge in [0.15, 0.2) is 0 Å². The number of pyridine rings is 1. The molecule has 38 heavy (non-hydrogen) atoms. The maximum atomic E-state index is 14.2. The Bertz CT molecular complexity index is 1650. The summed E-state index contributed by atoms with van der Waals surface area (Å²) in [5.41, 5.74) is 2.67. The van der Waals surface area contributed by atoms with Crippen molar-refractivity contribution in [2.75, 3.05) is 40.7 Å². The van der Waals surface area contributed by atoms with E-state index in [4.69, 9.17) is 0 Å². The number of para-hydroxylation sites is 1. The van der Waals surface area contributed by atoms with E-state index in [1.165, 1.54) is 18.2 Å². The Labute approximate surface area is 220 Å². The average molecular weight is 535 g/mol. The molecule has 196 valence electrons. The van der Waals surface area contributed by atoms with Gasteiger partial charge in [-0.2, -0.15) is 0 Å². The molecule has 0 amide bonds. The fraction of sp³-hybridized carbons (Fsp3) is 0.214. The molecular formula is C28H27FN4O4S. The van der Waals surface area contributed by atoms with Gasteiger partial charge in [0.25, 0.3) is 10.0 Å². The highest BCUT2D eigenvalue weighted by Crippen LogP contribution is 2.29. The Kier molecular flexibility index (Phi) is 6.66. The quantitative estimate of drug-likeness (QED) is 0.366. The van der Waals surface area contributed by atoms with Crippen LogP contribution in [-0.2, 0) is 10.0 Å². The van der Waals surface area contributed by atoms with E-state index >= 15 is 0 Å². The van der Waals surface area contributed by atoms with Crippen LogP contribution in [0.5, 0.6) is 0 Å². The summed E-state index contributed by atoms with van der Waals surface area (Å²) in [6, 6.07) is 18.0. The molecule has 2 heterocycles. The van der Waals surface area contributed by atoms with Gasteiger partial charge in [-0.1, -0.05) is 24.3 Å². The minimum Gasteiger partial charge on any atom is -0.478 e. The standard InChI is InChI=1S/C28H27FN4O4S/c1-18-7-8-19(2)26(15-18)38(36,37)31-20-9-10-24-21(16-20)22(28(34)35)17-27(30-24)33-13-11-32(12-14-33)25-6-4-3-5-23(25)29/h3-10,15-17,31H,11-14H2,1-2H3,(H,34,35). The van der Waals surface area contributed by atoms with Crippen LogP contribution in [0.25, 0.3) is 10.9 Å². The number of hydrogen-bond donors (Lipinski definition) is 2. The molecule has 2 N–H and O–H groups in total. The first kappa shape index (κ1) is 25.5. The number of anilines is 3. The highest BCUT2D eigenvalue weighted by molar-refractivity contribution is 7.92. The van der Waals surface area contributed by atoms with Crippen molar-refractivity contribution in [1.82, 2.24) is 4.98 Å². The van der Waals surface area contributed by atoms with E-state index in [1.807, 2.05) is 22.8 Å². The van der Waals surface area contributed by atoms with Crippen LogP contribution in [0, 0.1) is 19.7 Å². The number of rotatable bonds is 6. The predicted octanol–water partition coefficient (Wildman–Crippen LogP) is 4.82. The molecule has 0 saturated carbocycles. The lowest BCUT2D eigenvalue weighted by Gasteiger charge is -2.37. The SMILES string of the molecule is Cc1ccc(C)c(S(=O)(=O)Nc2ccc3nc(N4CCN(c5ccccc5F)CC4)cc(C(=O)O)c3c2)c1. The summed E-state index contributed by atoms with van der Waals surface area (Å²) < 4.78 is 42.9. The van der Waals surface area contributed by atoms with Gasteiger partial charge in [0.05, 0.1) is 21.7 Å². The van der Waals surface area contributed by atoms with E-state index in [1.54, 1.807) is 49.4 Å². The molecule has 0 aliphatic carbocycles. The van der Waals surface area contributed by atoms with Crippen molar-refractivity contribution in [3.8, 4) is 0 Å². The van der Waals surface area contributed by atoms with Crippen LogP contribution >= 0.6 is 0 Å². The van der Waals surface area contributed by atoms with Crippen molar-refractivity contribution >= 4 is 44.1 Å². The molecule has 0 spiro atoms. The largest absolute Gasteiger partial charge is 0.478 e. The van der Waals surface area contributed by atoms with Crippen LogP contribution in [0.4, 0.5) is 21.6 Å². The maximum absolute atomic E-state index is 14.2. The molecule has 4 aromatic rings. The molecule has 0 radical (unpaired) electrons. The van der Waals surface area contributed by atoms with Gasteiger partial charge in [-0.15, -0.1) is 0 Å². The van der Waals surface area contributed by atoms with E-state index in [0.717, 1.165) is 5.56 Å². The molecule has 1 fully saturated rings. The normalized spacial score (nSPS) is 14.1. The Hall–Kier alpha value is -4.18. The first-order valence-electron chi connectivity index (χ1n) is 12.1. The number of carboxylic acids is 1. The van der Waals surface area contributed by atoms with Crippen LogP contribution in [0.1, 0.15) is 21.5 Å². The zero-order valence-corrected chi connectivity index (χ0v) is 21.8. The van der Waals surface area contributed by atoms with Crippen LogP contribution in [0.3, 0.4) is 0 Å². The number of aromatic carboxylic acids is 1. The van der Waals surface area contributed by atoms with E-state index < -0.39 is 16.0 Å². The molecule has 5 rings (SSSR count). The third kappa shape index (κ3) is 4.99. The average Bonchev–Trinajstić information content (AvgIpc) is 2.89. The van der Waals surface area contributed by atoms with Gasteiger partial charge in [-0.3, -0.25) is 4.72 Å². The number of fused-ring (bicyclic) bond motifs is 1. The third-order valence-corrected chi connectivity index (χ3v) is 8.23. The lowest BCUT2D eigenvalue weighted by Crippen LogP contribution is -2.47. The smallest absolute Gasteiger partial charge is 0.336 e. The molecule has 10 heteroatoms. The van der Waals surface area contributed by atoms with Gasteiger partial charge in [0, 0.05) is 37.3 Å². The van der Waals surface area contributed by atoms with Crippen molar-refractivity contribution in [2.24, 2.45) is 0 Å². The number of aryl methyl sites for hydroxylation is 2. The minimum absolute atomic E-state index is 0.0225. The van der Waals surface area contributed by atoms with E-state index in [-0.39, 0.29) is 22.0 Å². The van der Waals surface area contributed by atoms with Crippen LogP contribution in [-0.4, -0.2) is 50.7 Å². The minimum atomic E-state index is -3.88. The first-order chi connectivity index (χ1) is 18.1. The zero-order valence-electron chi connectivity index (χ0n) is 21.0. The summed E-state index contributed by atoms with van der Waals surface area (Å²) in [4.78, 5) is 21.0. The molecule has 1 aliphatic heterocycles. The van der Waals surface area contributed by atoms with Gasteiger partial charge in [0.1, 0.15) is 11.6 Å². The second kappa shape index (κ2) is 9.94. The van der Waals surface area contributed by atoms with Crippen molar-refractivity contribution < 1.29 is 22.7 Å². The number of benzene rings is 3. The number of halogens is 1. The van der Waals surface area contributed by atoms with Gasteiger partial charge in [-0.05, 0) is 67.4 Å². The van der Waals surface area contributed by atoms with Crippen molar-refractivity contribution in [3.63, 3.8) is 0 Å². The number of nitrogens with zero attached hydrogens (tertiary/aromatic N) is 3. The number of nitrogens with one attached hydrogen (secondary N) is 1. The maximum Gasteiger partial charge on any atom is 0.336 e. The van der Waals surface area contributed by atoms with Crippen LogP contribution in [0.15, 0.2) is 71.6 Å². The van der Waals surface area contributed by atoms with E-state index in [9.17, 15) is 22.7 Å². The lowest BCUT2D eigenvalue weighted by atomic mass is 10.1. The predicted molar refractivity (Wildman–Crippen MR) is 146 cm³/mol. The number of piperazine rings is 1. The monoisotopic (exact) mass is 534 g/mol. The molecule has 0 atom stereocenters. The fourth-order valence-corrected chi connectivity index (χ4v) is 6.09. The van der Waals surface area contributed by atoms with Crippen molar-refractivity contribution in [3.05, 3.63) is 89.2 Å². The van der Waals surface area contributed by atoms with Crippen LogP contribution < -0.4 is 14.5 Å². The van der Waals surface area contributed by atoms with Gasteiger partial charge in [0.2, 0.25) is 0 Å². The van der Waals surface area contributed by atoms with Crippen LogP contribution in [0.2, 0.25) is 0 Å². The summed E-state index contributed by atoms with van der Waals surface area (Å²) in [6.07, 6.45) is 0. The van der Waals surface area contributed by atoms with Crippen molar-refractivity contribution in [2.45, 2.75) is 18.7 Å². The third-order valence-electron chi connectivity index (χ3n) is 6.71. The summed E-state index contributed by atoms with van der Waals surface area (Å²) in [7, 11) is -3.88. The lowest BCUT2D eigenvalue weighted by molar-refractivity contribution is 0.0699. The number of carbonyl (C=O) groups is 1. The molecule has 0 bridgehead atoms. The highest BCUT2D eigenvalue weighted by atomic mass is 32.2. The van der Waals surface area contributed by atoms with Gasteiger partial charge < -0.3 is 14.9 Å². The molecule has 1 saturated heterocycles. The number of sulfonamides is 1. The molecule has 1 aliphatic rings. The van der Waals surface area contributed by atoms with Crippen molar-refractivity contribution in [1.29, 1.82) is 0 Å². The Morgan fingerprint density at radius 1 is 0.947 bits per heavy atom. The zero-order chi connectivity index (χ0) is 27.0. The molecule has 8 nitrogen and oxygen atoms in total. The first-order valence-corrected chi connectivity index (χ1v) is 13.6. The summed E-state index contributed by atoms with van der Waals surface area (Å²) >= 11 is 0. The molecular weight excluding hydrogens is 507 g/mol. The number of aromatic nitrogens is 1. The second-order valence-corrected chi connectivity index (χ2v) is 11.0. The number of hydrogen-bond acceptors (Lipinski definition) is 6. The summed E-state index contributed by atoms with van der Waals surface area (Å²) in [6.45, 7) is 5.73. The van der Waals surface area contributed by atoms with E-state index in [2.05, 4.69) is 9.71 Å². The summed E-state index contributed by atoms with van der Waals surface area (Å²) in [5.74, 6) is -0.910. The Morgan fingerprint density at radius 3 is 2.37 bits per heavy atom. The Morgan fingerprint density at radius 2 is 1.66 bits per heavy atom. The van der Waals surface area contributed by atoms with Gasteiger partial charge >= 0.3 is 5.97 Å². The fourth-order valence-electron chi connectivity index (χ4n) is 4.71. The highest BCUT2D eigenvalue weighted by Gasteiger charge is 2.23. The Balaban J connectivity index is 1.42. The molecule has 1 aromatic heterocycles. The van der Waals surface area contributed by atoms with Gasteiger partial charge in [-0.25, -0.2) is 22.6 Å². The second-order valence-electron chi connectivity index (χ2n) is 9.37.